The minimum atomic E-state index is -0.514. The number of carbonyl (C=O) groups is 1. The van der Waals surface area contributed by atoms with Gasteiger partial charge in [-0.05, 0) is 66.2 Å². The molecule has 146 valence electrons. The van der Waals surface area contributed by atoms with Crippen molar-refractivity contribution >= 4 is 33.6 Å². The number of amides is 1. The summed E-state index contributed by atoms with van der Waals surface area (Å²) in [5, 5.41) is 12.2. The summed E-state index contributed by atoms with van der Waals surface area (Å²) in [5.74, 6) is 1.32. The lowest BCUT2D eigenvalue weighted by Crippen LogP contribution is -2.13. The molecule has 28 heavy (non-hydrogen) atoms. The van der Waals surface area contributed by atoms with Crippen LogP contribution in [-0.4, -0.2) is 26.2 Å². The smallest absolute Gasteiger partial charge is 0.266 e. The number of nitriles is 1. The number of hydrogen-bond donors (Lipinski definition) is 1. The number of carbonyl (C=O) groups excluding carboxylic acids is 1. The summed E-state index contributed by atoms with van der Waals surface area (Å²) in [5.41, 5.74) is 1.11. The predicted octanol–water partition coefficient (Wildman–Crippen LogP) is 4.80. The van der Waals surface area contributed by atoms with Gasteiger partial charge in [0.1, 0.15) is 28.9 Å². The van der Waals surface area contributed by atoms with Crippen LogP contribution < -0.4 is 19.5 Å². The summed E-state index contributed by atoms with van der Waals surface area (Å²) in [4.78, 5) is 12.5. The van der Waals surface area contributed by atoms with Crippen LogP contribution in [0.1, 0.15) is 19.4 Å². The van der Waals surface area contributed by atoms with Gasteiger partial charge in [-0.2, -0.15) is 5.26 Å². The third kappa shape index (κ3) is 5.51. The first kappa shape index (κ1) is 21.3. The van der Waals surface area contributed by atoms with Gasteiger partial charge in [0.05, 0.1) is 24.8 Å². The van der Waals surface area contributed by atoms with E-state index in [1.54, 1.807) is 43.5 Å². The molecule has 0 radical (unpaired) electrons. The summed E-state index contributed by atoms with van der Waals surface area (Å²) < 4.78 is 17.0. The Morgan fingerprint density at radius 3 is 2.36 bits per heavy atom. The molecule has 0 unspecified atom stereocenters. The van der Waals surface area contributed by atoms with Crippen LogP contribution in [0.2, 0.25) is 0 Å². The highest BCUT2D eigenvalue weighted by Crippen LogP contribution is 2.34. The van der Waals surface area contributed by atoms with Crippen LogP contribution in [-0.2, 0) is 4.79 Å². The SMILES string of the molecule is CCOc1cc(OCC)c(/C=C(/C#N)C(=O)Nc2ccc(OC)cc2)cc1Br. The van der Waals surface area contributed by atoms with Crippen molar-refractivity contribution < 1.29 is 19.0 Å². The molecule has 0 bridgehead atoms. The van der Waals surface area contributed by atoms with E-state index in [0.717, 1.165) is 0 Å². The Balaban J connectivity index is 2.32. The number of nitrogens with zero attached hydrogens (tertiary/aromatic N) is 1. The van der Waals surface area contributed by atoms with Gasteiger partial charge in [0, 0.05) is 17.3 Å². The van der Waals surface area contributed by atoms with E-state index in [9.17, 15) is 10.1 Å². The predicted molar refractivity (Wildman–Crippen MR) is 112 cm³/mol. The van der Waals surface area contributed by atoms with Gasteiger partial charge in [0.2, 0.25) is 0 Å². The highest BCUT2D eigenvalue weighted by molar-refractivity contribution is 9.10. The maximum Gasteiger partial charge on any atom is 0.266 e. The van der Waals surface area contributed by atoms with Crippen molar-refractivity contribution in [3.63, 3.8) is 0 Å². The number of hydrogen-bond acceptors (Lipinski definition) is 5. The molecule has 0 aromatic heterocycles. The Bertz CT molecular complexity index is 902. The van der Waals surface area contributed by atoms with Gasteiger partial charge in [-0.15, -0.1) is 0 Å². The Hall–Kier alpha value is -2.98. The van der Waals surface area contributed by atoms with Gasteiger partial charge >= 0.3 is 0 Å². The zero-order chi connectivity index (χ0) is 20.5. The molecule has 1 amide bonds. The first-order chi connectivity index (χ1) is 13.5. The number of benzene rings is 2. The Kier molecular flexibility index (Phi) is 7.90. The molecule has 0 saturated heterocycles. The lowest BCUT2D eigenvalue weighted by Gasteiger charge is -2.13. The van der Waals surface area contributed by atoms with E-state index in [2.05, 4.69) is 21.2 Å². The largest absolute Gasteiger partial charge is 0.497 e. The second-order valence-corrected chi connectivity index (χ2v) is 6.39. The topological polar surface area (TPSA) is 80.6 Å². The van der Waals surface area contributed by atoms with Crippen molar-refractivity contribution in [3.8, 4) is 23.3 Å². The molecule has 0 aliphatic carbocycles. The fourth-order valence-corrected chi connectivity index (χ4v) is 2.86. The first-order valence-electron chi connectivity index (χ1n) is 8.68. The van der Waals surface area contributed by atoms with Crippen molar-refractivity contribution in [3.05, 3.63) is 52.0 Å². The van der Waals surface area contributed by atoms with Crippen LogP contribution in [0.15, 0.2) is 46.4 Å². The first-order valence-corrected chi connectivity index (χ1v) is 9.48. The molecular formula is C21H21BrN2O4. The monoisotopic (exact) mass is 444 g/mol. The molecule has 2 aromatic rings. The Morgan fingerprint density at radius 1 is 1.14 bits per heavy atom. The molecule has 6 nitrogen and oxygen atoms in total. The van der Waals surface area contributed by atoms with E-state index in [1.807, 2.05) is 19.9 Å². The minimum Gasteiger partial charge on any atom is -0.497 e. The number of ether oxygens (including phenoxy) is 3. The summed E-state index contributed by atoms with van der Waals surface area (Å²) in [6.45, 7) is 4.69. The molecule has 0 spiro atoms. The highest BCUT2D eigenvalue weighted by Gasteiger charge is 2.14. The maximum atomic E-state index is 12.5. The van der Waals surface area contributed by atoms with Crippen LogP contribution in [0.3, 0.4) is 0 Å². The van der Waals surface area contributed by atoms with Gasteiger partial charge in [-0.25, -0.2) is 0 Å². The van der Waals surface area contributed by atoms with Crippen LogP contribution >= 0.6 is 15.9 Å². The van der Waals surface area contributed by atoms with Crippen LogP contribution in [0.5, 0.6) is 17.2 Å². The van der Waals surface area contributed by atoms with E-state index < -0.39 is 5.91 Å². The molecule has 0 aliphatic heterocycles. The average Bonchev–Trinajstić information content (AvgIpc) is 2.70. The van der Waals surface area contributed by atoms with E-state index in [1.165, 1.54) is 6.08 Å². The number of rotatable bonds is 8. The zero-order valence-electron chi connectivity index (χ0n) is 15.9. The van der Waals surface area contributed by atoms with Crippen LogP contribution in [0.4, 0.5) is 5.69 Å². The lowest BCUT2D eigenvalue weighted by molar-refractivity contribution is -0.112. The van der Waals surface area contributed by atoms with Gasteiger partial charge in [-0.3, -0.25) is 4.79 Å². The van der Waals surface area contributed by atoms with Gasteiger partial charge < -0.3 is 19.5 Å². The van der Waals surface area contributed by atoms with Gasteiger partial charge in [0.25, 0.3) is 5.91 Å². The van der Waals surface area contributed by atoms with Crippen molar-refractivity contribution in [1.82, 2.24) is 0 Å². The third-order valence-electron chi connectivity index (χ3n) is 3.68. The van der Waals surface area contributed by atoms with Crippen LogP contribution in [0.25, 0.3) is 6.08 Å². The summed E-state index contributed by atoms with van der Waals surface area (Å²) in [6, 6.07) is 12.3. The fraction of sp³-hybridized carbons (Fsp3) is 0.238. The second kappa shape index (κ2) is 10.4. The number of methoxy groups -OCH3 is 1. The van der Waals surface area contributed by atoms with Crippen molar-refractivity contribution in [2.24, 2.45) is 0 Å². The van der Waals surface area contributed by atoms with Gasteiger partial charge in [-0.1, -0.05) is 0 Å². The van der Waals surface area contributed by atoms with Crippen molar-refractivity contribution in [2.45, 2.75) is 13.8 Å². The second-order valence-electron chi connectivity index (χ2n) is 5.54. The molecular weight excluding hydrogens is 424 g/mol. The molecule has 1 N–H and O–H groups in total. The summed E-state index contributed by atoms with van der Waals surface area (Å²) >= 11 is 3.44. The van der Waals surface area contributed by atoms with E-state index in [-0.39, 0.29) is 5.57 Å². The molecule has 7 heteroatoms. The minimum absolute atomic E-state index is 0.0483. The van der Waals surface area contributed by atoms with E-state index in [4.69, 9.17) is 14.2 Å². The normalized spacial score (nSPS) is 10.8. The maximum absolute atomic E-state index is 12.5. The summed E-state index contributed by atoms with van der Waals surface area (Å²) in [6.07, 6.45) is 1.49. The molecule has 0 heterocycles. The van der Waals surface area contributed by atoms with E-state index >= 15 is 0 Å². The fourth-order valence-electron chi connectivity index (χ4n) is 2.39. The summed E-state index contributed by atoms with van der Waals surface area (Å²) in [7, 11) is 1.56. The molecule has 0 aliphatic rings. The average molecular weight is 445 g/mol. The molecule has 0 fully saturated rings. The standard InChI is InChI=1S/C21H21BrN2O4/c1-4-27-19-12-20(28-5-2)18(22)11-14(19)10-15(13-23)21(25)24-16-6-8-17(26-3)9-7-16/h6-12H,4-5H2,1-3H3,(H,24,25)/b15-10-. The Morgan fingerprint density at radius 2 is 1.79 bits per heavy atom. The quantitative estimate of drug-likeness (QED) is 0.467. The molecule has 0 saturated carbocycles. The Labute approximate surface area is 172 Å². The molecule has 2 rings (SSSR count). The van der Waals surface area contributed by atoms with Crippen LogP contribution in [0, 0.1) is 11.3 Å². The van der Waals surface area contributed by atoms with Gasteiger partial charge in [0.15, 0.2) is 0 Å². The molecule has 2 aromatic carbocycles. The number of halogens is 1. The highest BCUT2D eigenvalue weighted by atomic mass is 79.9. The van der Waals surface area contributed by atoms with Crippen molar-refractivity contribution in [1.29, 1.82) is 5.26 Å². The number of anilines is 1. The third-order valence-corrected chi connectivity index (χ3v) is 4.30. The lowest BCUT2D eigenvalue weighted by atomic mass is 10.1. The van der Waals surface area contributed by atoms with E-state index in [0.29, 0.717) is 46.2 Å². The number of nitrogens with one attached hydrogen (secondary N) is 1. The molecule has 0 atom stereocenters. The zero-order valence-corrected chi connectivity index (χ0v) is 17.5. The van der Waals surface area contributed by atoms with Crippen molar-refractivity contribution in [2.75, 3.05) is 25.6 Å².